The summed E-state index contributed by atoms with van der Waals surface area (Å²) in [6, 6.07) is 12.3. The molecule has 20 aromatic heterocycles. The number of H-pyrrole nitrogens is 10. The fourth-order valence-corrected chi connectivity index (χ4v) is 10.3. The normalized spacial score (nSPS) is 10.0. The van der Waals surface area contributed by atoms with Crippen LogP contribution in [0.15, 0.2) is 227 Å². The molecule has 0 bridgehead atoms. The van der Waals surface area contributed by atoms with Gasteiger partial charge in [-0.1, -0.05) is 10.3 Å². The largest absolute Gasteiger partial charge is 0.472 e. The Morgan fingerprint density at radius 3 is 1.27 bits per heavy atom. The summed E-state index contributed by atoms with van der Waals surface area (Å²) in [7, 11) is 0. The summed E-state index contributed by atoms with van der Waals surface area (Å²) in [6.07, 6.45) is 39.5. The maximum Gasteiger partial charge on any atom is 0.262 e. The fourth-order valence-electron chi connectivity index (χ4n) is 8.72. The van der Waals surface area contributed by atoms with Crippen LogP contribution in [0, 0.1) is 0 Å². The summed E-state index contributed by atoms with van der Waals surface area (Å²) in [6.45, 7) is 0. The van der Waals surface area contributed by atoms with Gasteiger partial charge in [0.05, 0.1) is 166 Å². The third kappa shape index (κ3) is 24.2. The highest BCUT2D eigenvalue weighted by atomic mass is 32.1. The number of aromatic nitrogens is 28. The predicted octanol–water partition coefficient (Wildman–Crippen LogP) is 11.4. The van der Waals surface area contributed by atoms with E-state index in [1.165, 1.54) is 147 Å². The monoisotopic (exact) mass is 1680 g/mol. The third-order valence-electron chi connectivity index (χ3n) is 14.1. The maximum absolute atomic E-state index is 10.3. The molecule has 20 heterocycles. The summed E-state index contributed by atoms with van der Waals surface area (Å²) in [5, 5.41) is 10.9. The number of hydrogen-bond donors (Lipinski definition) is 10. The van der Waals surface area contributed by atoms with Crippen LogP contribution in [-0.2, 0) is 0 Å². The Labute approximate surface area is 679 Å². The number of rotatable bonds is 20. The van der Waals surface area contributed by atoms with E-state index in [-0.39, 0.29) is 0 Å². The summed E-state index contributed by atoms with van der Waals surface area (Å²) in [5.74, 6) is 7.77. The predicted molar refractivity (Wildman–Crippen MR) is 416 cm³/mol. The smallest absolute Gasteiger partial charge is 0.262 e. The molecule has 0 radical (unpaired) electrons. The number of oxazole rings is 3. The molecule has 10 N–H and O–H groups in total. The van der Waals surface area contributed by atoms with E-state index in [0.29, 0.717) is 187 Å². The number of aromatic amines is 10. The minimum atomic E-state index is 0.378. The summed E-state index contributed by atoms with van der Waals surface area (Å²) in [5.41, 5.74) is 9.70. The zero-order chi connectivity index (χ0) is 83.9. The molecule has 0 saturated heterocycles. The lowest BCUT2D eigenvalue weighted by Gasteiger charge is -1.86. The van der Waals surface area contributed by atoms with Crippen LogP contribution in [0.25, 0.3) is 115 Å². The first-order valence-electron chi connectivity index (χ1n) is 33.3. The summed E-state index contributed by atoms with van der Waals surface area (Å²) >= 11 is 4.18. The van der Waals surface area contributed by atoms with Crippen LogP contribution in [0.5, 0.6) is 0 Å². The summed E-state index contributed by atoms with van der Waals surface area (Å²) < 4.78 is 42.0. The number of aldehydes is 10. The molecule has 0 spiro atoms. The van der Waals surface area contributed by atoms with E-state index >= 15 is 0 Å². The van der Waals surface area contributed by atoms with Gasteiger partial charge in [0, 0.05) is 29.1 Å². The van der Waals surface area contributed by atoms with Crippen molar-refractivity contribution in [3.05, 3.63) is 253 Å². The molecule has 0 fully saturated rings. The number of thiazole rings is 1. The SMILES string of the molecule is O=Cc1cnc(-c2ccco2)[nH]1.O=Cc1cnc(-c2ccno2)[nH]1.O=Cc1cnc(-c2ccns2)[nH]1.O=Cc1cnc(-c2ccoc2)[nH]1.O=Cc1cnc(-c2ccon2)[nH]1.O=Cc1cnc(-c2ccsn2)[nH]1.O=Cc1cnc(-c2cnco2)[nH]1.O=Cc1cnc(-c2cocn2)[nH]1.O=Cc1cnc(-c2cscn2)[nH]1.O=Cc1cnc(-c2ncco2)[nH]1. The van der Waals surface area contributed by atoms with Crippen LogP contribution in [-0.4, -0.2) is 202 Å². The average molecular weight is 1680 g/mol. The van der Waals surface area contributed by atoms with Gasteiger partial charge in [0.2, 0.25) is 5.76 Å². The summed E-state index contributed by atoms with van der Waals surface area (Å²) in [4.78, 5) is 187. The molecule has 45 nitrogen and oxygen atoms in total. The highest BCUT2D eigenvalue weighted by Crippen LogP contribution is 2.22. The molecular formula is C72H52N28O17S3. The van der Waals surface area contributed by atoms with Gasteiger partial charge in [-0.2, -0.15) is 4.37 Å². The van der Waals surface area contributed by atoms with Crippen LogP contribution in [0.1, 0.15) is 105 Å². The van der Waals surface area contributed by atoms with Crippen molar-refractivity contribution in [3.63, 3.8) is 0 Å². The molecule has 20 aromatic rings. The third-order valence-corrected chi connectivity index (χ3v) is 16.0. The number of imidazole rings is 10. The average Bonchev–Trinajstić information content (AvgIpc) is 1.80. The lowest BCUT2D eigenvalue weighted by molar-refractivity contribution is 0.111. The van der Waals surface area contributed by atoms with E-state index in [2.05, 4.69) is 143 Å². The van der Waals surface area contributed by atoms with Crippen LogP contribution in [0.3, 0.4) is 0 Å². The van der Waals surface area contributed by atoms with Crippen molar-refractivity contribution in [2.75, 3.05) is 0 Å². The van der Waals surface area contributed by atoms with Crippen molar-refractivity contribution < 1.29 is 79.1 Å². The molecule has 0 aliphatic heterocycles. The Hall–Kier alpha value is -17.7. The second-order valence-electron chi connectivity index (χ2n) is 22.0. The molecule has 120 heavy (non-hydrogen) atoms. The van der Waals surface area contributed by atoms with E-state index in [1.54, 1.807) is 60.8 Å². The highest BCUT2D eigenvalue weighted by Gasteiger charge is 2.13. The van der Waals surface area contributed by atoms with E-state index in [4.69, 9.17) is 26.6 Å². The Bertz CT molecular complexity index is 5050. The van der Waals surface area contributed by atoms with Crippen LogP contribution in [0.4, 0.5) is 0 Å². The van der Waals surface area contributed by atoms with Crippen molar-refractivity contribution in [2.24, 2.45) is 0 Å². The fraction of sp³-hybridized carbons (Fsp3) is 0. The van der Waals surface area contributed by atoms with Gasteiger partial charge < -0.3 is 81.0 Å². The number of carbonyl (C=O) groups excluding carboxylic acids is 10. The van der Waals surface area contributed by atoms with Crippen LogP contribution >= 0.6 is 34.4 Å². The van der Waals surface area contributed by atoms with Gasteiger partial charge in [0.25, 0.3) is 5.89 Å². The molecule has 48 heteroatoms. The number of hydrogen-bond acceptors (Lipinski definition) is 38. The van der Waals surface area contributed by atoms with Crippen molar-refractivity contribution in [2.45, 2.75) is 0 Å². The van der Waals surface area contributed by atoms with E-state index in [9.17, 15) is 47.9 Å². The minimum Gasteiger partial charge on any atom is -0.472 e. The Morgan fingerprint density at radius 2 is 0.842 bits per heavy atom. The van der Waals surface area contributed by atoms with Crippen molar-refractivity contribution in [3.8, 4) is 115 Å². The van der Waals surface area contributed by atoms with E-state index in [1.807, 2.05) is 22.9 Å². The van der Waals surface area contributed by atoms with Gasteiger partial charge in [0.1, 0.15) is 59.5 Å². The highest BCUT2D eigenvalue weighted by molar-refractivity contribution is 7.09. The van der Waals surface area contributed by atoms with Gasteiger partial charge in [-0.15, -0.1) is 11.3 Å². The van der Waals surface area contributed by atoms with Gasteiger partial charge in [-0.3, -0.25) is 47.9 Å². The molecule has 0 saturated carbocycles. The molecule has 600 valence electrons. The zero-order valence-electron chi connectivity index (χ0n) is 60.5. The standard InChI is InChI=1S/2C8H6N2O2.5C7H5N3O2.3C7H5N3OS/c11-4-7-3-9-8(10-7)6-1-2-12-5-6;11-5-6-4-9-8(10-6)7-2-1-3-12-7;11-3-5-1-9-7(10-5)6-2-8-4-12-6;11-2-5-1-8-7(10-5)6-3-12-4-9-6;11-4-5-3-9-6(10-5)7-8-1-2-12-7;11-4-5-3-8-7(9-5)6-1-2-12-10-6;11-4-5-3-8-7(10-5)6-1-2-9-12-6;11-2-5-1-8-7(10-5)6-3-12-4-9-6;11-4-5-3-8-7(9-5)6-1-2-12-10-6;11-4-5-3-8-7(10-5)6-1-2-9-12-6/h2*1-5H,(H,9,10);1-4H,(H,9,10);1-4H,(H,8,10);1-4H,(H,9,10);1-4H,(H,8,9);2*1-4H,(H,8,10);1-4H,(H,8,9);1-4H,(H,8,10). The lowest BCUT2D eigenvalue weighted by Crippen LogP contribution is -1.80. The maximum atomic E-state index is 10.3. The van der Waals surface area contributed by atoms with Gasteiger partial charge in [-0.05, 0) is 53.4 Å². The molecule has 0 aromatic carbocycles. The number of nitrogens with one attached hydrogen (secondary N) is 10. The molecule has 0 atom stereocenters. The van der Waals surface area contributed by atoms with Crippen molar-refractivity contribution >= 4 is 97.3 Å². The zero-order valence-corrected chi connectivity index (χ0v) is 62.9. The topological polar surface area (TPSA) is 653 Å². The Kier molecular flexibility index (Phi) is 30.5. The molecule has 0 aliphatic rings. The van der Waals surface area contributed by atoms with Crippen molar-refractivity contribution in [1.82, 2.24) is 139 Å². The first-order valence-corrected chi connectivity index (χ1v) is 35.8. The Morgan fingerprint density at radius 1 is 0.342 bits per heavy atom. The molecule has 0 aliphatic carbocycles. The first-order chi connectivity index (χ1) is 59.0. The second kappa shape index (κ2) is 43.9. The lowest BCUT2D eigenvalue weighted by atomic mass is 10.3. The number of furan rings is 2. The molecule has 20 rings (SSSR count). The van der Waals surface area contributed by atoms with Crippen LogP contribution in [0.2, 0.25) is 0 Å². The van der Waals surface area contributed by atoms with E-state index in [0.717, 1.165) is 47.0 Å². The quantitative estimate of drug-likeness (QED) is 0.0317. The molecule has 0 unspecified atom stereocenters. The van der Waals surface area contributed by atoms with Gasteiger partial charge in [-0.25, -0.2) is 74.1 Å². The number of nitrogens with zero attached hydrogens (tertiary/aromatic N) is 18. The first kappa shape index (κ1) is 83.2. The minimum absolute atomic E-state index is 0.378. The molecular weight excluding hydrogens is 1630 g/mol. The van der Waals surface area contributed by atoms with E-state index < -0.39 is 0 Å². The van der Waals surface area contributed by atoms with Crippen LogP contribution < -0.4 is 0 Å². The molecule has 0 amide bonds. The van der Waals surface area contributed by atoms with Gasteiger partial charge >= 0.3 is 0 Å². The van der Waals surface area contributed by atoms with Crippen molar-refractivity contribution in [1.29, 1.82) is 0 Å². The Balaban J connectivity index is 0.000000130. The second-order valence-corrected chi connectivity index (χ2v) is 24.2. The number of carbonyl (C=O) groups is 10. The van der Waals surface area contributed by atoms with Gasteiger partial charge in [0.15, 0.2) is 134 Å².